The quantitative estimate of drug-likeness (QED) is 0.295. The molecule has 2 amide bonds. The van der Waals surface area contributed by atoms with Gasteiger partial charge in [0.25, 0.3) is 5.91 Å². The van der Waals surface area contributed by atoms with E-state index in [2.05, 4.69) is 5.32 Å². The van der Waals surface area contributed by atoms with Crippen molar-refractivity contribution in [1.29, 1.82) is 0 Å². The van der Waals surface area contributed by atoms with E-state index in [1.165, 1.54) is 4.90 Å². The summed E-state index contributed by atoms with van der Waals surface area (Å²) in [6, 6.07) is 20.7. The van der Waals surface area contributed by atoms with E-state index < -0.39 is 6.04 Å². The van der Waals surface area contributed by atoms with Gasteiger partial charge in [-0.3, -0.25) is 9.59 Å². The molecule has 5 nitrogen and oxygen atoms in total. The number of rotatable bonds is 11. The topological polar surface area (TPSA) is 58.6 Å². The van der Waals surface area contributed by atoms with Crippen molar-refractivity contribution in [3.8, 4) is 5.75 Å². The van der Waals surface area contributed by atoms with Crippen LogP contribution in [-0.4, -0.2) is 35.4 Å². The molecule has 0 aliphatic carbocycles. The molecule has 0 saturated carbocycles. The average Bonchev–Trinajstić information content (AvgIpc) is 2.87. The summed E-state index contributed by atoms with van der Waals surface area (Å²) in [5.41, 5.74) is 1.59. The predicted octanol–water partition coefficient (Wildman–Crippen LogP) is 6.58. The molecule has 8 heteroatoms. The highest BCUT2D eigenvalue weighted by molar-refractivity contribution is 6.35. The third kappa shape index (κ3) is 7.89. The van der Waals surface area contributed by atoms with Crippen molar-refractivity contribution in [1.82, 2.24) is 10.2 Å². The highest BCUT2D eigenvalue weighted by Gasteiger charge is 2.31. The Morgan fingerprint density at radius 3 is 2.31 bits per heavy atom. The van der Waals surface area contributed by atoms with Crippen LogP contribution in [0, 0.1) is 0 Å². The highest BCUT2D eigenvalue weighted by atomic mass is 35.5. The van der Waals surface area contributed by atoms with E-state index >= 15 is 0 Å². The molecule has 2 atom stereocenters. The fraction of sp³-hybridized carbons (Fsp3) is 0.286. The van der Waals surface area contributed by atoms with Gasteiger partial charge >= 0.3 is 0 Å². The second-order valence-electron chi connectivity index (χ2n) is 8.50. The number of carbonyl (C=O) groups excluding carboxylic acids is 2. The molecular weight excluding hydrogens is 519 g/mol. The predicted molar refractivity (Wildman–Crippen MR) is 146 cm³/mol. The zero-order valence-corrected chi connectivity index (χ0v) is 22.5. The molecule has 3 aromatic rings. The minimum absolute atomic E-state index is 0.0498. The summed E-state index contributed by atoms with van der Waals surface area (Å²) < 4.78 is 5.74. The fourth-order valence-corrected chi connectivity index (χ4v) is 4.27. The van der Waals surface area contributed by atoms with Gasteiger partial charge in [0.2, 0.25) is 5.91 Å². The molecule has 0 aliphatic heterocycles. The molecule has 3 rings (SSSR count). The second-order valence-corrected chi connectivity index (χ2v) is 9.75. The van der Waals surface area contributed by atoms with E-state index in [0.29, 0.717) is 32.8 Å². The number of ether oxygens (including phenoxy) is 1. The molecule has 190 valence electrons. The van der Waals surface area contributed by atoms with E-state index in [-0.39, 0.29) is 31.0 Å². The van der Waals surface area contributed by atoms with Crippen LogP contribution in [0.5, 0.6) is 5.75 Å². The molecule has 1 N–H and O–H groups in total. The summed E-state index contributed by atoms with van der Waals surface area (Å²) >= 11 is 18.7. The largest absolute Gasteiger partial charge is 0.482 e. The van der Waals surface area contributed by atoms with Gasteiger partial charge in [-0.15, -0.1) is 0 Å². The molecular formula is C28H29Cl3N2O3. The van der Waals surface area contributed by atoms with E-state index in [4.69, 9.17) is 39.5 Å². The Morgan fingerprint density at radius 1 is 0.944 bits per heavy atom. The Hall–Kier alpha value is -2.73. The molecule has 0 bridgehead atoms. The van der Waals surface area contributed by atoms with Gasteiger partial charge in [0.15, 0.2) is 6.61 Å². The Kier molecular flexibility index (Phi) is 10.5. The molecule has 0 aromatic heterocycles. The van der Waals surface area contributed by atoms with Gasteiger partial charge in [-0.25, -0.2) is 0 Å². The Morgan fingerprint density at radius 2 is 1.64 bits per heavy atom. The monoisotopic (exact) mass is 546 g/mol. The first-order chi connectivity index (χ1) is 17.3. The molecule has 0 heterocycles. The Bertz CT molecular complexity index is 1170. The lowest BCUT2D eigenvalue weighted by Crippen LogP contribution is -2.53. The Balaban J connectivity index is 1.95. The molecule has 0 aliphatic rings. The van der Waals surface area contributed by atoms with Gasteiger partial charge < -0.3 is 15.0 Å². The summed E-state index contributed by atoms with van der Waals surface area (Å²) in [5.74, 6) is -0.230. The van der Waals surface area contributed by atoms with Crippen molar-refractivity contribution < 1.29 is 14.3 Å². The van der Waals surface area contributed by atoms with Crippen LogP contribution in [0.25, 0.3) is 0 Å². The van der Waals surface area contributed by atoms with E-state index in [1.54, 1.807) is 42.5 Å². The lowest BCUT2D eigenvalue weighted by Gasteiger charge is -2.32. The number of amides is 2. The highest BCUT2D eigenvalue weighted by Crippen LogP contribution is 2.26. The average molecular weight is 548 g/mol. The molecule has 3 aromatic carbocycles. The van der Waals surface area contributed by atoms with Crippen molar-refractivity contribution >= 4 is 46.6 Å². The molecule has 0 unspecified atom stereocenters. The first-order valence-electron chi connectivity index (χ1n) is 11.7. The van der Waals surface area contributed by atoms with Gasteiger partial charge in [-0.2, -0.15) is 0 Å². The first-order valence-corrected chi connectivity index (χ1v) is 12.9. The minimum atomic E-state index is -0.796. The van der Waals surface area contributed by atoms with E-state index in [9.17, 15) is 9.59 Å². The third-order valence-corrected chi connectivity index (χ3v) is 6.71. The van der Waals surface area contributed by atoms with Crippen molar-refractivity contribution in [3.05, 3.63) is 99.0 Å². The molecule has 0 fully saturated rings. The van der Waals surface area contributed by atoms with Crippen LogP contribution in [0.1, 0.15) is 31.4 Å². The number of nitrogens with one attached hydrogen (secondary N) is 1. The minimum Gasteiger partial charge on any atom is -0.482 e. The number of benzene rings is 3. The number of halogens is 3. The SMILES string of the molecule is CC[C@H](C)NC(=O)[C@H](Cc1ccccc1)N(Cc1ccc(Cl)cc1Cl)C(=O)COc1ccccc1Cl. The molecule has 0 spiro atoms. The molecule has 0 radical (unpaired) electrons. The van der Waals surface area contributed by atoms with Gasteiger partial charge in [-0.1, -0.05) is 90.3 Å². The molecule has 36 heavy (non-hydrogen) atoms. The van der Waals surface area contributed by atoms with E-state index in [1.807, 2.05) is 44.2 Å². The smallest absolute Gasteiger partial charge is 0.261 e. The van der Waals surface area contributed by atoms with Crippen LogP contribution in [-0.2, 0) is 22.6 Å². The van der Waals surface area contributed by atoms with Gasteiger partial charge in [-0.05, 0) is 48.7 Å². The van der Waals surface area contributed by atoms with Gasteiger partial charge in [0, 0.05) is 29.1 Å². The number of hydrogen-bond donors (Lipinski definition) is 1. The van der Waals surface area contributed by atoms with Crippen molar-refractivity contribution in [2.24, 2.45) is 0 Å². The lowest BCUT2D eigenvalue weighted by atomic mass is 10.0. The van der Waals surface area contributed by atoms with Crippen LogP contribution >= 0.6 is 34.8 Å². The maximum atomic E-state index is 13.6. The molecule has 0 saturated heterocycles. The zero-order valence-electron chi connectivity index (χ0n) is 20.2. The van der Waals surface area contributed by atoms with Crippen LogP contribution in [0.3, 0.4) is 0 Å². The third-order valence-electron chi connectivity index (χ3n) is 5.82. The first kappa shape index (κ1) is 27.9. The number of para-hydroxylation sites is 1. The number of hydrogen-bond acceptors (Lipinski definition) is 3. The van der Waals surface area contributed by atoms with Crippen molar-refractivity contribution in [2.45, 2.75) is 45.3 Å². The van der Waals surface area contributed by atoms with E-state index in [0.717, 1.165) is 12.0 Å². The van der Waals surface area contributed by atoms with Gasteiger partial charge in [0.1, 0.15) is 11.8 Å². The standard InChI is InChI=1S/C28H29Cl3N2O3/c1-3-19(2)32-28(35)25(15-20-9-5-4-6-10-20)33(17-21-13-14-22(29)16-24(21)31)27(34)18-36-26-12-8-7-11-23(26)30/h4-14,16,19,25H,3,15,17-18H2,1-2H3,(H,32,35)/t19-,25-/m0/s1. The summed E-state index contributed by atoms with van der Waals surface area (Å²) in [4.78, 5) is 28.6. The maximum Gasteiger partial charge on any atom is 0.261 e. The Labute approximate surface area is 227 Å². The number of nitrogens with zero attached hydrogens (tertiary/aromatic N) is 1. The summed E-state index contributed by atoms with van der Waals surface area (Å²) in [6.45, 7) is 3.73. The van der Waals surface area contributed by atoms with Gasteiger partial charge in [0.05, 0.1) is 5.02 Å². The fourth-order valence-electron chi connectivity index (χ4n) is 3.61. The van der Waals surface area contributed by atoms with Crippen molar-refractivity contribution in [2.75, 3.05) is 6.61 Å². The maximum absolute atomic E-state index is 13.6. The normalized spacial score (nSPS) is 12.5. The summed E-state index contributed by atoms with van der Waals surface area (Å²) in [7, 11) is 0. The van der Waals surface area contributed by atoms with Crippen molar-refractivity contribution in [3.63, 3.8) is 0 Å². The summed E-state index contributed by atoms with van der Waals surface area (Å²) in [5, 5.41) is 4.32. The zero-order chi connectivity index (χ0) is 26.1. The number of carbonyl (C=O) groups is 2. The van der Waals surface area contributed by atoms with Crippen LogP contribution in [0.4, 0.5) is 0 Å². The van der Waals surface area contributed by atoms with Crippen LogP contribution in [0.2, 0.25) is 15.1 Å². The van der Waals surface area contributed by atoms with Crippen LogP contribution in [0.15, 0.2) is 72.8 Å². The summed E-state index contributed by atoms with van der Waals surface area (Å²) in [6.07, 6.45) is 1.09. The second kappa shape index (κ2) is 13.5. The lowest BCUT2D eigenvalue weighted by molar-refractivity contribution is -0.143. The van der Waals surface area contributed by atoms with Crippen LogP contribution < -0.4 is 10.1 Å².